The Balaban J connectivity index is 2.46. The van der Waals surface area contributed by atoms with Crippen LogP contribution in [0, 0.1) is 0 Å². The molecule has 0 spiro atoms. The topological polar surface area (TPSA) is 41.6 Å². The van der Waals surface area contributed by atoms with E-state index in [4.69, 9.17) is 0 Å². The lowest BCUT2D eigenvalue weighted by Gasteiger charge is -1.95. The Morgan fingerprint density at radius 3 is 3.17 bits per heavy atom. The number of fused-ring (bicyclic) bond motifs is 1. The van der Waals surface area contributed by atoms with Crippen LogP contribution in [0.3, 0.4) is 0 Å². The van der Waals surface area contributed by atoms with E-state index in [0.29, 0.717) is 0 Å². The zero-order chi connectivity index (χ0) is 8.39. The maximum Gasteiger partial charge on any atom is 0.177 e. The molecule has 0 fully saturated rings. The van der Waals surface area contributed by atoms with Crippen molar-refractivity contribution in [2.75, 3.05) is 0 Å². The third-order valence-corrected chi connectivity index (χ3v) is 1.87. The van der Waals surface area contributed by atoms with Gasteiger partial charge in [0.05, 0.1) is 11.8 Å². The van der Waals surface area contributed by atoms with Crippen LogP contribution < -0.4 is 0 Å². The maximum atomic E-state index is 4.22. The Bertz CT molecular complexity index is 378. The lowest BCUT2D eigenvalue weighted by molar-refractivity contribution is 0.917. The first-order chi connectivity index (χ1) is 5.90. The molecule has 3 nitrogen and oxygen atoms in total. The Labute approximate surface area is 70.9 Å². The largest absolute Gasteiger partial charge is 0.343 e. The van der Waals surface area contributed by atoms with Crippen LogP contribution in [-0.2, 0) is 6.42 Å². The van der Waals surface area contributed by atoms with Crippen LogP contribution in [0.1, 0.15) is 18.9 Å². The summed E-state index contributed by atoms with van der Waals surface area (Å²) in [4.78, 5) is 11.3. The number of pyridine rings is 1. The number of imidazole rings is 1. The zero-order valence-electron chi connectivity index (χ0n) is 7.04. The van der Waals surface area contributed by atoms with Gasteiger partial charge in [0.15, 0.2) is 5.65 Å². The molecule has 1 N–H and O–H groups in total. The average molecular weight is 161 g/mol. The molecule has 2 heterocycles. The highest BCUT2D eigenvalue weighted by Gasteiger charge is 1.97. The van der Waals surface area contributed by atoms with E-state index in [1.807, 2.05) is 6.20 Å². The Kier molecular flexibility index (Phi) is 1.78. The summed E-state index contributed by atoms with van der Waals surface area (Å²) in [5.74, 6) is 0. The minimum atomic E-state index is 0.801. The molecular formula is C9H11N3. The first-order valence-electron chi connectivity index (χ1n) is 4.18. The van der Waals surface area contributed by atoms with Gasteiger partial charge in [-0.2, -0.15) is 0 Å². The van der Waals surface area contributed by atoms with Gasteiger partial charge in [-0.25, -0.2) is 9.97 Å². The highest BCUT2D eigenvalue weighted by atomic mass is 14.9. The predicted molar refractivity (Wildman–Crippen MR) is 47.9 cm³/mol. The summed E-state index contributed by atoms with van der Waals surface area (Å²) in [7, 11) is 0. The molecule has 0 atom stereocenters. The summed E-state index contributed by atoms with van der Waals surface area (Å²) >= 11 is 0. The average Bonchev–Trinajstić information content (AvgIpc) is 2.51. The Morgan fingerprint density at radius 1 is 1.42 bits per heavy atom. The van der Waals surface area contributed by atoms with E-state index in [2.05, 4.69) is 27.9 Å². The predicted octanol–water partition coefficient (Wildman–Crippen LogP) is 1.91. The summed E-state index contributed by atoms with van der Waals surface area (Å²) in [6.07, 6.45) is 5.81. The van der Waals surface area contributed by atoms with E-state index in [9.17, 15) is 0 Å². The van der Waals surface area contributed by atoms with Crippen molar-refractivity contribution in [3.63, 3.8) is 0 Å². The molecule has 0 unspecified atom stereocenters. The molecule has 0 saturated heterocycles. The second-order valence-corrected chi connectivity index (χ2v) is 2.87. The van der Waals surface area contributed by atoms with Crippen molar-refractivity contribution in [3.05, 3.63) is 24.2 Å². The summed E-state index contributed by atoms with van der Waals surface area (Å²) in [6, 6.07) is 2.11. The molecular weight excluding hydrogens is 150 g/mol. The number of rotatable bonds is 2. The van der Waals surface area contributed by atoms with Crippen molar-refractivity contribution < 1.29 is 0 Å². The first kappa shape index (κ1) is 7.28. The lowest BCUT2D eigenvalue weighted by Crippen LogP contribution is -1.85. The fourth-order valence-electron chi connectivity index (χ4n) is 1.30. The number of nitrogens with zero attached hydrogens (tertiary/aromatic N) is 2. The van der Waals surface area contributed by atoms with Crippen LogP contribution >= 0.6 is 0 Å². The Morgan fingerprint density at radius 2 is 2.33 bits per heavy atom. The molecule has 0 aromatic carbocycles. The molecule has 2 aromatic rings. The molecule has 3 heteroatoms. The van der Waals surface area contributed by atoms with Crippen molar-refractivity contribution in [1.29, 1.82) is 0 Å². The second kappa shape index (κ2) is 2.93. The van der Waals surface area contributed by atoms with Gasteiger partial charge in [-0.05, 0) is 18.1 Å². The number of nitrogens with one attached hydrogen (secondary N) is 1. The first-order valence-corrected chi connectivity index (χ1v) is 4.18. The Hall–Kier alpha value is -1.38. The van der Waals surface area contributed by atoms with E-state index in [1.165, 1.54) is 5.56 Å². The number of aryl methyl sites for hydroxylation is 1. The van der Waals surface area contributed by atoms with Crippen molar-refractivity contribution in [2.45, 2.75) is 19.8 Å². The van der Waals surface area contributed by atoms with Crippen LogP contribution in [0.4, 0.5) is 0 Å². The van der Waals surface area contributed by atoms with E-state index in [0.717, 1.165) is 24.0 Å². The van der Waals surface area contributed by atoms with E-state index in [1.54, 1.807) is 6.33 Å². The summed E-state index contributed by atoms with van der Waals surface area (Å²) in [5.41, 5.74) is 3.10. The van der Waals surface area contributed by atoms with Gasteiger partial charge >= 0.3 is 0 Å². The van der Waals surface area contributed by atoms with Crippen LogP contribution in [-0.4, -0.2) is 15.0 Å². The van der Waals surface area contributed by atoms with Crippen molar-refractivity contribution in [1.82, 2.24) is 15.0 Å². The van der Waals surface area contributed by atoms with Gasteiger partial charge in [0.25, 0.3) is 0 Å². The molecule has 2 rings (SSSR count). The monoisotopic (exact) mass is 161 g/mol. The normalized spacial score (nSPS) is 10.8. The minimum Gasteiger partial charge on any atom is -0.343 e. The van der Waals surface area contributed by atoms with Crippen molar-refractivity contribution in [3.8, 4) is 0 Å². The van der Waals surface area contributed by atoms with Crippen molar-refractivity contribution >= 4 is 11.2 Å². The maximum absolute atomic E-state index is 4.22. The molecule has 0 aliphatic rings. The fraction of sp³-hybridized carbons (Fsp3) is 0.333. The number of aromatic nitrogens is 3. The molecule has 0 aliphatic carbocycles. The standard InChI is InChI=1S/C9H11N3/c1-2-3-7-4-8-9(10-5-7)12-6-11-8/h4-6H,2-3H2,1H3,(H,10,11,12). The van der Waals surface area contributed by atoms with Gasteiger partial charge < -0.3 is 4.98 Å². The van der Waals surface area contributed by atoms with Crippen molar-refractivity contribution in [2.24, 2.45) is 0 Å². The van der Waals surface area contributed by atoms with E-state index >= 15 is 0 Å². The smallest absolute Gasteiger partial charge is 0.177 e. The molecule has 0 radical (unpaired) electrons. The van der Waals surface area contributed by atoms with Gasteiger partial charge in [0.2, 0.25) is 0 Å². The van der Waals surface area contributed by atoms with E-state index in [-0.39, 0.29) is 0 Å². The molecule has 0 bridgehead atoms. The van der Waals surface area contributed by atoms with E-state index < -0.39 is 0 Å². The zero-order valence-corrected chi connectivity index (χ0v) is 7.04. The van der Waals surface area contributed by atoms with Crippen LogP contribution in [0.25, 0.3) is 11.2 Å². The van der Waals surface area contributed by atoms with Gasteiger partial charge in [-0.15, -0.1) is 0 Å². The third kappa shape index (κ3) is 1.18. The highest BCUT2D eigenvalue weighted by molar-refractivity contribution is 5.69. The molecule has 0 saturated carbocycles. The summed E-state index contributed by atoms with van der Waals surface area (Å²) in [6.45, 7) is 2.16. The second-order valence-electron chi connectivity index (χ2n) is 2.87. The molecule has 0 amide bonds. The summed E-state index contributed by atoms with van der Waals surface area (Å²) < 4.78 is 0. The van der Waals surface area contributed by atoms with Crippen LogP contribution in [0.5, 0.6) is 0 Å². The van der Waals surface area contributed by atoms with Crippen LogP contribution in [0.2, 0.25) is 0 Å². The van der Waals surface area contributed by atoms with Gasteiger partial charge in [0, 0.05) is 6.20 Å². The minimum absolute atomic E-state index is 0.801. The molecule has 62 valence electrons. The molecule has 12 heavy (non-hydrogen) atoms. The summed E-state index contributed by atoms with van der Waals surface area (Å²) in [5, 5.41) is 0. The number of aromatic amines is 1. The molecule has 2 aromatic heterocycles. The number of H-pyrrole nitrogens is 1. The lowest BCUT2D eigenvalue weighted by atomic mass is 10.2. The molecule has 0 aliphatic heterocycles. The third-order valence-electron chi connectivity index (χ3n) is 1.87. The SMILES string of the molecule is CCCc1cnc2nc[nH]c2c1. The highest BCUT2D eigenvalue weighted by Crippen LogP contribution is 2.09. The van der Waals surface area contributed by atoms with Gasteiger partial charge in [-0.1, -0.05) is 13.3 Å². The van der Waals surface area contributed by atoms with Gasteiger partial charge in [-0.3, -0.25) is 0 Å². The van der Waals surface area contributed by atoms with Gasteiger partial charge in [0.1, 0.15) is 0 Å². The fourth-order valence-corrected chi connectivity index (χ4v) is 1.30. The number of hydrogen-bond donors (Lipinski definition) is 1. The van der Waals surface area contributed by atoms with Crippen LogP contribution in [0.15, 0.2) is 18.6 Å². The number of hydrogen-bond acceptors (Lipinski definition) is 2. The quantitative estimate of drug-likeness (QED) is 0.731.